The smallest absolute Gasteiger partial charge is 0.307 e. The first-order valence-corrected chi connectivity index (χ1v) is 5.11. The molecule has 0 aliphatic rings. The molecule has 1 unspecified atom stereocenters. The lowest BCUT2D eigenvalue weighted by atomic mass is 10.2. The highest BCUT2D eigenvalue weighted by molar-refractivity contribution is 5.71. The van der Waals surface area contributed by atoms with E-state index in [0.29, 0.717) is 5.69 Å². The van der Waals surface area contributed by atoms with Gasteiger partial charge in [-0.2, -0.15) is 0 Å². The van der Waals surface area contributed by atoms with Crippen LogP contribution in [0.2, 0.25) is 0 Å². The Balaban J connectivity index is 2.74. The van der Waals surface area contributed by atoms with Gasteiger partial charge < -0.3 is 10.1 Å². The minimum Gasteiger partial charge on any atom is -0.469 e. The minimum atomic E-state index is -0.465. The van der Waals surface area contributed by atoms with Gasteiger partial charge in [0.25, 0.3) is 5.69 Å². The fourth-order valence-electron chi connectivity index (χ4n) is 1.40. The molecule has 0 bridgehead atoms. The first-order chi connectivity index (χ1) is 8.04. The van der Waals surface area contributed by atoms with Crippen molar-refractivity contribution in [2.75, 3.05) is 12.4 Å². The summed E-state index contributed by atoms with van der Waals surface area (Å²) in [6.07, 6.45) is 0.155. The van der Waals surface area contributed by atoms with E-state index in [-0.39, 0.29) is 24.1 Å². The molecule has 0 spiro atoms. The van der Waals surface area contributed by atoms with Gasteiger partial charge in [-0.3, -0.25) is 14.9 Å². The third-order valence-electron chi connectivity index (χ3n) is 2.20. The fraction of sp³-hybridized carbons (Fsp3) is 0.364. The summed E-state index contributed by atoms with van der Waals surface area (Å²) in [6, 6.07) is 6.07. The summed E-state index contributed by atoms with van der Waals surface area (Å²) < 4.78 is 4.52. The second kappa shape index (κ2) is 5.83. The summed E-state index contributed by atoms with van der Waals surface area (Å²) in [5, 5.41) is 13.7. The Kier molecular flexibility index (Phi) is 4.45. The van der Waals surface area contributed by atoms with Crippen molar-refractivity contribution in [1.29, 1.82) is 0 Å². The van der Waals surface area contributed by atoms with Gasteiger partial charge in [-0.1, -0.05) is 12.1 Å². The number of rotatable bonds is 5. The fourth-order valence-corrected chi connectivity index (χ4v) is 1.40. The Morgan fingerprint density at radius 2 is 2.18 bits per heavy atom. The zero-order valence-electron chi connectivity index (χ0n) is 9.67. The van der Waals surface area contributed by atoms with E-state index in [0.717, 1.165) is 0 Å². The molecule has 0 radical (unpaired) electrons. The van der Waals surface area contributed by atoms with Crippen LogP contribution in [-0.4, -0.2) is 24.0 Å². The molecular weight excluding hydrogens is 224 g/mol. The Morgan fingerprint density at radius 1 is 1.53 bits per heavy atom. The first-order valence-electron chi connectivity index (χ1n) is 5.11. The normalized spacial score (nSPS) is 11.6. The Bertz CT molecular complexity index is 420. The number of anilines is 1. The number of carbonyl (C=O) groups excluding carboxylic acids is 1. The predicted molar refractivity (Wildman–Crippen MR) is 62.8 cm³/mol. The van der Waals surface area contributed by atoms with Gasteiger partial charge in [-0.15, -0.1) is 0 Å². The van der Waals surface area contributed by atoms with Crippen LogP contribution in [0.15, 0.2) is 24.3 Å². The van der Waals surface area contributed by atoms with Crippen LogP contribution >= 0.6 is 0 Å². The third kappa shape index (κ3) is 3.75. The summed E-state index contributed by atoms with van der Waals surface area (Å²) in [6.45, 7) is 1.76. The Labute approximate surface area is 98.7 Å². The lowest BCUT2D eigenvalue weighted by Crippen LogP contribution is -2.20. The lowest BCUT2D eigenvalue weighted by Gasteiger charge is -2.13. The molecule has 0 heterocycles. The molecule has 1 N–H and O–H groups in total. The van der Waals surface area contributed by atoms with Gasteiger partial charge in [-0.05, 0) is 13.0 Å². The van der Waals surface area contributed by atoms with E-state index < -0.39 is 4.92 Å². The molecule has 0 amide bonds. The predicted octanol–water partition coefficient (Wildman–Crippen LogP) is 1.96. The van der Waals surface area contributed by atoms with Crippen molar-refractivity contribution in [3.05, 3.63) is 34.4 Å². The molecule has 0 aliphatic heterocycles. The molecule has 92 valence electrons. The number of nitro groups is 1. The Morgan fingerprint density at radius 3 is 2.76 bits per heavy atom. The maximum absolute atomic E-state index is 11.0. The van der Waals surface area contributed by atoms with Crippen LogP contribution in [-0.2, 0) is 9.53 Å². The van der Waals surface area contributed by atoms with E-state index in [1.54, 1.807) is 25.1 Å². The monoisotopic (exact) mass is 238 g/mol. The molecule has 1 aromatic carbocycles. The summed E-state index contributed by atoms with van der Waals surface area (Å²) in [4.78, 5) is 21.3. The SMILES string of the molecule is COC(=O)CC(C)Nc1ccccc1[N+](=O)[O-]. The maximum Gasteiger partial charge on any atom is 0.307 e. The van der Waals surface area contributed by atoms with E-state index in [2.05, 4.69) is 10.1 Å². The highest BCUT2D eigenvalue weighted by Gasteiger charge is 2.15. The van der Waals surface area contributed by atoms with Crippen molar-refractivity contribution in [1.82, 2.24) is 0 Å². The molecule has 1 rings (SSSR count). The molecular formula is C11H14N2O4. The number of nitrogens with zero attached hydrogens (tertiary/aromatic N) is 1. The number of benzene rings is 1. The highest BCUT2D eigenvalue weighted by atomic mass is 16.6. The van der Waals surface area contributed by atoms with Crippen molar-refractivity contribution < 1.29 is 14.5 Å². The average Bonchev–Trinajstić information content (AvgIpc) is 2.29. The van der Waals surface area contributed by atoms with Gasteiger partial charge in [0.05, 0.1) is 18.5 Å². The van der Waals surface area contributed by atoms with Crippen molar-refractivity contribution >= 4 is 17.3 Å². The van der Waals surface area contributed by atoms with E-state index in [9.17, 15) is 14.9 Å². The van der Waals surface area contributed by atoms with Crippen LogP contribution in [0.25, 0.3) is 0 Å². The number of nitrogens with one attached hydrogen (secondary N) is 1. The van der Waals surface area contributed by atoms with Crippen molar-refractivity contribution in [2.24, 2.45) is 0 Å². The number of nitro benzene ring substituents is 1. The zero-order chi connectivity index (χ0) is 12.8. The quantitative estimate of drug-likeness (QED) is 0.481. The van der Waals surface area contributed by atoms with Crippen LogP contribution < -0.4 is 5.32 Å². The van der Waals surface area contributed by atoms with Gasteiger partial charge in [0.2, 0.25) is 0 Å². The van der Waals surface area contributed by atoms with Gasteiger partial charge in [0.15, 0.2) is 0 Å². The van der Waals surface area contributed by atoms with Crippen LogP contribution in [0.5, 0.6) is 0 Å². The van der Waals surface area contributed by atoms with Crippen LogP contribution in [0.1, 0.15) is 13.3 Å². The second-order valence-electron chi connectivity index (χ2n) is 3.60. The highest BCUT2D eigenvalue weighted by Crippen LogP contribution is 2.24. The topological polar surface area (TPSA) is 81.5 Å². The van der Waals surface area contributed by atoms with Crippen molar-refractivity contribution in [3.63, 3.8) is 0 Å². The van der Waals surface area contributed by atoms with Crippen LogP contribution in [0.3, 0.4) is 0 Å². The molecule has 1 atom stereocenters. The average molecular weight is 238 g/mol. The number of para-hydroxylation sites is 2. The molecule has 0 aliphatic carbocycles. The van der Waals surface area contributed by atoms with E-state index in [1.165, 1.54) is 13.2 Å². The van der Waals surface area contributed by atoms with Crippen molar-refractivity contribution in [3.8, 4) is 0 Å². The molecule has 1 aromatic rings. The summed E-state index contributed by atoms with van der Waals surface area (Å²) in [7, 11) is 1.31. The van der Waals surface area contributed by atoms with E-state index >= 15 is 0 Å². The molecule has 6 nitrogen and oxygen atoms in total. The second-order valence-corrected chi connectivity index (χ2v) is 3.60. The summed E-state index contributed by atoms with van der Waals surface area (Å²) >= 11 is 0. The number of esters is 1. The molecule has 0 fully saturated rings. The molecule has 0 saturated heterocycles. The Hall–Kier alpha value is -2.11. The third-order valence-corrected chi connectivity index (χ3v) is 2.20. The molecule has 6 heteroatoms. The van der Waals surface area contributed by atoms with Crippen molar-refractivity contribution in [2.45, 2.75) is 19.4 Å². The van der Waals surface area contributed by atoms with Gasteiger partial charge in [0, 0.05) is 12.1 Å². The number of carbonyl (C=O) groups is 1. The van der Waals surface area contributed by atoms with E-state index in [1.807, 2.05) is 0 Å². The van der Waals surface area contributed by atoms with E-state index in [4.69, 9.17) is 0 Å². The first kappa shape index (κ1) is 13.0. The standard InChI is InChI=1S/C11H14N2O4/c1-8(7-11(14)17-2)12-9-5-3-4-6-10(9)13(15)16/h3-6,8,12H,7H2,1-2H3. The summed E-state index contributed by atoms with van der Waals surface area (Å²) in [5.41, 5.74) is 0.387. The number of hydrogen-bond donors (Lipinski definition) is 1. The number of ether oxygens (including phenoxy) is 1. The molecule has 0 aromatic heterocycles. The van der Waals surface area contributed by atoms with Gasteiger partial charge >= 0.3 is 5.97 Å². The minimum absolute atomic E-state index is 0.00999. The molecule has 0 saturated carbocycles. The lowest BCUT2D eigenvalue weighted by molar-refractivity contribution is -0.384. The molecule has 17 heavy (non-hydrogen) atoms. The zero-order valence-corrected chi connectivity index (χ0v) is 9.67. The largest absolute Gasteiger partial charge is 0.469 e. The number of methoxy groups -OCH3 is 1. The van der Waals surface area contributed by atoms with Crippen LogP contribution in [0.4, 0.5) is 11.4 Å². The van der Waals surface area contributed by atoms with Gasteiger partial charge in [0.1, 0.15) is 5.69 Å². The number of hydrogen-bond acceptors (Lipinski definition) is 5. The van der Waals surface area contributed by atoms with Crippen LogP contribution in [0, 0.1) is 10.1 Å². The maximum atomic E-state index is 11.0. The van der Waals surface area contributed by atoms with Gasteiger partial charge in [-0.25, -0.2) is 0 Å². The summed E-state index contributed by atoms with van der Waals surface area (Å²) in [5.74, 6) is -0.358.